The summed E-state index contributed by atoms with van der Waals surface area (Å²) < 4.78 is 12.0. The summed E-state index contributed by atoms with van der Waals surface area (Å²) in [5.74, 6) is 0.874. The van der Waals surface area contributed by atoms with E-state index in [1.165, 1.54) is 0 Å². The molecule has 1 saturated heterocycles. The molecule has 0 radical (unpaired) electrons. The molecule has 4 rings (SSSR count). The van der Waals surface area contributed by atoms with Gasteiger partial charge in [0.15, 0.2) is 11.6 Å². The molecular weight excluding hydrogens is 252 g/mol. The van der Waals surface area contributed by atoms with Crippen LogP contribution in [0.1, 0.15) is 40.5 Å². The van der Waals surface area contributed by atoms with Crippen LogP contribution in [0.5, 0.6) is 0 Å². The van der Waals surface area contributed by atoms with Crippen molar-refractivity contribution < 1.29 is 14.3 Å². The van der Waals surface area contributed by atoms with E-state index in [4.69, 9.17) is 9.47 Å². The minimum atomic E-state index is -0.389. The lowest BCUT2D eigenvalue weighted by Crippen LogP contribution is -2.59. The van der Waals surface area contributed by atoms with Crippen LogP contribution in [0.4, 0.5) is 0 Å². The third-order valence-corrected chi connectivity index (χ3v) is 6.17. The molecular formula is C17H24O3. The number of ketones is 1. The molecule has 0 unspecified atom stereocenters. The smallest absolute Gasteiger partial charge is 0.172 e. The lowest BCUT2D eigenvalue weighted by molar-refractivity contribution is -0.241. The van der Waals surface area contributed by atoms with Crippen LogP contribution in [0.3, 0.4) is 0 Å². The largest absolute Gasteiger partial charge is 0.347 e. The molecule has 110 valence electrons. The Morgan fingerprint density at radius 1 is 1.20 bits per heavy atom. The second kappa shape index (κ2) is 3.56. The summed E-state index contributed by atoms with van der Waals surface area (Å²) >= 11 is 0. The normalized spacial score (nSPS) is 45.3. The first-order valence-electron chi connectivity index (χ1n) is 7.84. The fraction of sp³-hybridized carbons (Fsp3) is 0.824. The predicted octanol–water partition coefficient (Wildman–Crippen LogP) is 2.95. The molecule has 3 heteroatoms. The van der Waals surface area contributed by atoms with Crippen molar-refractivity contribution in [2.75, 3.05) is 13.2 Å². The molecule has 1 heterocycles. The van der Waals surface area contributed by atoms with E-state index in [1.807, 2.05) is 0 Å². The van der Waals surface area contributed by atoms with E-state index < -0.39 is 0 Å². The Kier molecular flexibility index (Phi) is 2.32. The van der Waals surface area contributed by atoms with Crippen molar-refractivity contribution in [3.63, 3.8) is 0 Å². The summed E-state index contributed by atoms with van der Waals surface area (Å²) in [7, 11) is 0. The number of fused-ring (bicyclic) bond motifs is 5. The van der Waals surface area contributed by atoms with Gasteiger partial charge in [-0.15, -0.1) is 0 Å². The lowest BCUT2D eigenvalue weighted by atomic mass is 9.48. The molecule has 0 aromatic rings. The maximum Gasteiger partial charge on any atom is 0.172 e. The molecule has 0 aromatic heterocycles. The monoisotopic (exact) mass is 276 g/mol. The van der Waals surface area contributed by atoms with E-state index in [1.54, 1.807) is 0 Å². The van der Waals surface area contributed by atoms with Gasteiger partial charge >= 0.3 is 0 Å². The molecule has 2 saturated carbocycles. The van der Waals surface area contributed by atoms with Gasteiger partial charge in [0.2, 0.25) is 0 Å². The zero-order chi connectivity index (χ0) is 14.3. The van der Waals surface area contributed by atoms with Gasteiger partial charge in [0.05, 0.1) is 13.2 Å². The van der Waals surface area contributed by atoms with Crippen LogP contribution in [0.15, 0.2) is 11.6 Å². The van der Waals surface area contributed by atoms with Gasteiger partial charge in [-0.25, -0.2) is 0 Å². The van der Waals surface area contributed by atoms with Crippen molar-refractivity contribution in [1.82, 2.24) is 0 Å². The van der Waals surface area contributed by atoms with Crippen LogP contribution >= 0.6 is 0 Å². The highest BCUT2D eigenvalue weighted by Crippen LogP contribution is 2.72. The van der Waals surface area contributed by atoms with E-state index >= 15 is 0 Å². The van der Waals surface area contributed by atoms with Crippen molar-refractivity contribution in [3.8, 4) is 0 Å². The zero-order valence-corrected chi connectivity index (χ0v) is 12.9. The average molecular weight is 276 g/mol. The van der Waals surface area contributed by atoms with Crippen LogP contribution in [0, 0.1) is 28.6 Å². The number of carbonyl (C=O) groups excluding carboxylic acids is 1. The van der Waals surface area contributed by atoms with Crippen molar-refractivity contribution in [2.24, 2.45) is 28.6 Å². The molecule has 3 nitrogen and oxygen atoms in total. The molecule has 4 aliphatic rings. The maximum atomic E-state index is 12.8. The van der Waals surface area contributed by atoms with Crippen LogP contribution in [-0.4, -0.2) is 24.8 Å². The van der Waals surface area contributed by atoms with Gasteiger partial charge in [-0.2, -0.15) is 0 Å². The van der Waals surface area contributed by atoms with Crippen LogP contribution in [-0.2, 0) is 14.3 Å². The van der Waals surface area contributed by atoms with Crippen LogP contribution in [0.2, 0.25) is 0 Å². The summed E-state index contributed by atoms with van der Waals surface area (Å²) in [5, 5.41) is 0. The van der Waals surface area contributed by atoms with Gasteiger partial charge in [-0.1, -0.05) is 33.8 Å². The molecule has 3 aliphatic carbocycles. The molecule has 0 N–H and O–H groups in total. The molecule has 0 amide bonds. The fourth-order valence-corrected chi connectivity index (χ4v) is 5.38. The summed E-state index contributed by atoms with van der Waals surface area (Å²) in [6.07, 6.45) is 4.25. The Morgan fingerprint density at radius 3 is 2.45 bits per heavy atom. The number of ether oxygens (including phenoxy) is 2. The first-order chi connectivity index (χ1) is 9.30. The number of hydrogen-bond acceptors (Lipinski definition) is 3. The molecule has 1 spiro atoms. The molecule has 1 aliphatic heterocycles. The number of carbonyl (C=O) groups is 1. The summed E-state index contributed by atoms with van der Waals surface area (Å²) in [6.45, 7) is 10.1. The van der Waals surface area contributed by atoms with Gasteiger partial charge in [0, 0.05) is 18.3 Å². The zero-order valence-electron chi connectivity index (χ0n) is 12.9. The van der Waals surface area contributed by atoms with E-state index in [0.29, 0.717) is 30.8 Å². The molecule has 3 fully saturated rings. The van der Waals surface area contributed by atoms with Gasteiger partial charge < -0.3 is 9.47 Å². The fourth-order valence-electron chi connectivity index (χ4n) is 5.38. The molecule has 0 aromatic carbocycles. The van der Waals surface area contributed by atoms with Gasteiger partial charge in [-0.05, 0) is 28.7 Å². The second-order valence-corrected chi connectivity index (χ2v) is 8.24. The van der Waals surface area contributed by atoms with Crippen molar-refractivity contribution >= 4 is 5.78 Å². The van der Waals surface area contributed by atoms with E-state index in [2.05, 4.69) is 33.8 Å². The predicted molar refractivity (Wildman–Crippen MR) is 75.0 cm³/mol. The van der Waals surface area contributed by atoms with Crippen molar-refractivity contribution in [2.45, 2.75) is 46.3 Å². The van der Waals surface area contributed by atoms with Gasteiger partial charge in [0.1, 0.15) is 0 Å². The molecule has 0 bridgehead atoms. The minimum Gasteiger partial charge on any atom is -0.347 e. The summed E-state index contributed by atoms with van der Waals surface area (Å²) in [4.78, 5) is 12.8. The molecule has 4 atom stereocenters. The standard InChI is InChI=1S/C17H24O3/c1-15(2,3)11-9-10-12(13(11)18)16(4)5-6-17(14(10)16)19-7-8-20-17/h9-10,12,14H,5-8H2,1-4H3/t10-,12-,14+,16-/m1/s1. The maximum absolute atomic E-state index is 12.8. The topological polar surface area (TPSA) is 35.5 Å². The third kappa shape index (κ3) is 1.31. The lowest BCUT2D eigenvalue weighted by Gasteiger charge is -2.56. The highest BCUT2D eigenvalue weighted by atomic mass is 16.7. The second-order valence-electron chi connectivity index (χ2n) is 8.24. The number of rotatable bonds is 0. The number of allylic oxidation sites excluding steroid dienone is 2. The summed E-state index contributed by atoms with van der Waals surface area (Å²) in [5.41, 5.74) is 1.05. The summed E-state index contributed by atoms with van der Waals surface area (Å²) in [6, 6.07) is 0. The van der Waals surface area contributed by atoms with Crippen molar-refractivity contribution in [3.05, 3.63) is 11.6 Å². The SMILES string of the molecule is CC(C)(C)C1=C[C@H]2[C@@H]3C4(CC[C@]3(C)[C@H]2C1=O)OCCO4. The molecule has 20 heavy (non-hydrogen) atoms. The van der Waals surface area contributed by atoms with Gasteiger partial charge in [-0.3, -0.25) is 4.79 Å². The van der Waals surface area contributed by atoms with E-state index in [9.17, 15) is 4.79 Å². The quantitative estimate of drug-likeness (QED) is 0.682. The average Bonchev–Trinajstić information content (AvgIpc) is 2.95. The Bertz CT molecular complexity index is 507. The highest BCUT2D eigenvalue weighted by Gasteiger charge is 2.74. The minimum absolute atomic E-state index is 0.0520. The Morgan fingerprint density at radius 2 is 1.85 bits per heavy atom. The van der Waals surface area contributed by atoms with E-state index in [-0.39, 0.29) is 22.5 Å². The highest BCUT2D eigenvalue weighted by molar-refractivity contribution is 6.02. The number of hydrogen-bond donors (Lipinski definition) is 0. The van der Waals surface area contributed by atoms with Crippen molar-refractivity contribution in [1.29, 1.82) is 0 Å². The van der Waals surface area contributed by atoms with Crippen LogP contribution in [0.25, 0.3) is 0 Å². The van der Waals surface area contributed by atoms with E-state index in [0.717, 1.165) is 18.4 Å². The Balaban J connectivity index is 1.73. The first kappa shape index (κ1) is 13.0. The Hall–Kier alpha value is -0.670. The van der Waals surface area contributed by atoms with Gasteiger partial charge in [0.25, 0.3) is 0 Å². The van der Waals surface area contributed by atoms with Crippen LogP contribution < -0.4 is 0 Å². The first-order valence-corrected chi connectivity index (χ1v) is 7.84. The Labute approximate surface area is 120 Å². The third-order valence-electron chi connectivity index (χ3n) is 6.17. The number of Topliss-reactive ketones (excluding diaryl/α,β-unsaturated/α-hetero) is 1.